The molecule has 0 spiro atoms. The second-order valence-corrected chi connectivity index (χ2v) is 8.93. The Morgan fingerprint density at radius 3 is 1.47 bits per heavy atom. The van der Waals surface area contributed by atoms with Crippen molar-refractivity contribution in [1.82, 2.24) is 10.6 Å². The van der Waals surface area contributed by atoms with E-state index in [4.69, 9.17) is 0 Å². The number of hydrogen-bond donors (Lipinski definition) is 4. The van der Waals surface area contributed by atoms with E-state index >= 15 is 0 Å². The number of benzene rings is 2. The molecule has 0 aromatic heterocycles. The van der Waals surface area contributed by atoms with Gasteiger partial charge in [-0.2, -0.15) is 0 Å². The molecule has 0 fully saturated rings. The number of hydrogen-bond acceptors (Lipinski definition) is 6. The molecule has 0 atom stereocenters. The van der Waals surface area contributed by atoms with Crippen molar-refractivity contribution in [2.24, 2.45) is 0 Å². The molecule has 0 bridgehead atoms. The van der Waals surface area contributed by atoms with Gasteiger partial charge in [-0.05, 0) is 12.1 Å². The van der Waals surface area contributed by atoms with E-state index in [2.05, 4.69) is 21.3 Å². The third-order valence-corrected chi connectivity index (χ3v) is 5.43. The largest absolute Gasteiger partial charge is 0.325 e. The van der Waals surface area contributed by atoms with Crippen molar-refractivity contribution < 1.29 is 19.2 Å². The molecule has 0 aliphatic heterocycles. The smallest absolute Gasteiger partial charge is 0.225 e. The van der Waals surface area contributed by atoms with E-state index in [0.29, 0.717) is 24.5 Å². The minimum atomic E-state index is -0.406. The van der Waals surface area contributed by atoms with Gasteiger partial charge in [-0.1, -0.05) is 52.0 Å². The normalized spacial score (nSPS) is 12.5. The first-order valence-electron chi connectivity index (χ1n) is 11.6. The number of carbonyl (C=O) groups excluding carboxylic acids is 4. The Hall–Kier alpha value is -3.36. The first kappa shape index (κ1) is 25.3. The molecule has 4 N–H and O–H groups in total. The second kappa shape index (κ2) is 11.2. The van der Waals surface area contributed by atoms with Crippen molar-refractivity contribution in [3.63, 3.8) is 0 Å². The molecule has 2 aromatic carbocycles. The molecule has 0 unspecified atom stereocenters. The first-order valence-corrected chi connectivity index (χ1v) is 11.6. The molecule has 3 rings (SSSR count). The zero-order valence-electron chi connectivity index (χ0n) is 20.1. The first-order chi connectivity index (χ1) is 16.2. The number of nitrogens with one attached hydrogen (secondary N) is 4. The highest BCUT2D eigenvalue weighted by atomic mass is 16.2. The van der Waals surface area contributed by atoms with Crippen molar-refractivity contribution in [1.29, 1.82) is 0 Å². The monoisotopic (exact) mass is 464 g/mol. The summed E-state index contributed by atoms with van der Waals surface area (Å²) < 4.78 is 0. The number of rotatable bonds is 10. The van der Waals surface area contributed by atoms with Crippen LogP contribution in [0.2, 0.25) is 0 Å². The number of ketones is 2. The van der Waals surface area contributed by atoms with Gasteiger partial charge in [0.1, 0.15) is 0 Å². The molecule has 8 heteroatoms. The zero-order valence-corrected chi connectivity index (χ0v) is 20.1. The van der Waals surface area contributed by atoms with Gasteiger partial charge >= 0.3 is 0 Å². The maximum absolute atomic E-state index is 13.6. The van der Waals surface area contributed by atoms with Crippen LogP contribution in [-0.4, -0.2) is 48.6 Å². The van der Waals surface area contributed by atoms with Gasteiger partial charge in [-0.3, -0.25) is 19.2 Å². The predicted molar refractivity (Wildman–Crippen MR) is 133 cm³/mol. The number of fused-ring (bicyclic) bond motifs is 2. The van der Waals surface area contributed by atoms with Gasteiger partial charge in [0.05, 0.1) is 22.5 Å². The summed E-state index contributed by atoms with van der Waals surface area (Å²) in [6.45, 7) is 8.95. The van der Waals surface area contributed by atoms with Crippen LogP contribution in [0.15, 0.2) is 36.4 Å². The van der Waals surface area contributed by atoms with E-state index in [1.165, 1.54) is 0 Å². The van der Waals surface area contributed by atoms with Gasteiger partial charge in [0.25, 0.3) is 0 Å². The molecule has 1 aliphatic rings. The summed E-state index contributed by atoms with van der Waals surface area (Å²) in [7, 11) is 0. The van der Waals surface area contributed by atoms with Crippen LogP contribution >= 0.6 is 0 Å². The third-order valence-electron chi connectivity index (χ3n) is 5.43. The average Bonchev–Trinajstić information content (AvgIpc) is 2.76. The van der Waals surface area contributed by atoms with E-state index in [-0.39, 0.29) is 64.8 Å². The van der Waals surface area contributed by atoms with Crippen LogP contribution in [0, 0.1) is 0 Å². The van der Waals surface area contributed by atoms with Crippen LogP contribution in [0.5, 0.6) is 0 Å². The molecule has 0 heterocycles. The summed E-state index contributed by atoms with van der Waals surface area (Å²) >= 11 is 0. The minimum Gasteiger partial charge on any atom is -0.325 e. The number of carbonyl (C=O) groups is 4. The van der Waals surface area contributed by atoms with Crippen molar-refractivity contribution >= 4 is 34.8 Å². The lowest BCUT2D eigenvalue weighted by Crippen LogP contribution is -2.29. The molecular formula is C26H32N4O4. The van der Waals surface area contributed by atoms with E-state index in [1.54, 1.807) is 36.4 Å². The SMILES string of the molecule is CC(C)NCCC(=O)Nc1cccc2c1C(=O)c1c(NC(=O)CCNC(C)C)cccc1C2=O. The maximum atomic E-state index is 13.6. The Morgan fingerprint density at radius 2 is 1.09 bits per heavy atom. The molecule has 8 nitrogen and oxygen atoms in total. The molecule has 1 aliphatic carbocycles. The van der Waals surface area contributed by atoms with Crippen molar-refractivity contribution in [3.8, 4) is 0 Å². The van der Waals surface area contributed by atoms with Crippen LogP contribution in [0.3, 0.4) is 0 Å². The summed E-state index contributed by atoms with van der Waals surface area (Å²) in [5.74, 6) is -1.24. The number of amides is 2. The minimum absolute atomic E-state index is 0.147. The molecular weight excluding hydrogens is 432 g/mol. The molecule has 2 amide bonds. The average molecular weight is 465 g/mol. The lowest BCUT2D eigenvalue weighted by molar-refractivity contribution is -0.117. The van der Waals surface area contributed by atoms with E-state index in [1.807, 2.05) is 27.7 Å². The molecule has 180 valence electrons. The molecule has 0 radical (unpaired) electrons. The quantitative estimate of drug-likeness (QED) is 0.366. The Morgan fingerprint density at radius 1 is 0.676 bits per heavy atom. The van der Waals surface area contributed by atoms with Crippen LogP contribution in [0.4, 0.5) is 11.4 Å². The van der Waals surface area contributed by atoms with Gasteiger partial charge in [0, 0.05) is 49.1 Å². The highest BCUT2D eigenvalue weighted by molar-refractivity contribution is 6.32. The topological polar surface area (TPSA) is 116 Å². The van der Waals surface area contributed by atoms with Crippen LogP contribution in [-0.2, 0) is 9.59 Å². The van der Waals surface area contributed by atoms with Gasteiger partial charge in [0.2, 0.25) is 11.8 Å². The third kappa shape index (κ3) is 5.95. The summed E-state index contributed by atoms with van der Waals surface area (Å²) in [5, 5.41) is 11.9. The summed E-state index contributed by atoms with van der Waals surface area (Å²) in [6.07, 6.45) is 0.457. The fourth-order valence-corrected chi connectivity index (χ4v) is 3.82. The summed E-state index contributed by atoms with van der Waals surface area (Å²) in [5.41, 5.74) is 1.35. The van der Waals surface area contributed by atoms with Crippen molar-refractivity contribution in [2.45, 2.75) is 52.6 Å². The van der Waals surface area contributed by atoms with Gasteiger partial charge < -0.3 is 21.3 Å². The Bertz CT molecular complexity index is 1020. The Labute approximate surface area is 199 Å². The van der Waals surface area contributed by atoms with Crippen molar-refractivity contribution in [3.05, 3.63) is 58.7 Å². The summed E-state index contributed by atoms with van der Waals surface area (Å²) in [4.78, 5) is 51.7. The zero-order chi connectivity index (χ0) is 24.8. The van der Waals surface area contributed by atoms with Crippen LogP contribution < -0.4 is 21.3 Å². The molecule has 2 aromatic rings. The lowest BCUT2D eigenvalue weighted by Gasteiger charge is -2.23. The fraction of sp³-hybridized carbons (Fsp3) is 0.385. The second-order valence-electron chi connectivity index (χ2n) is 8.93. The molecule has 0 saturated heterocycles. The van der Waals surface area contributed by atoms with Crippen LogP contribution in [0.25, 0.3) is 0 Å². The Kier molecular flexibility index (Phi) is 8.31. The van der Waals surface area contributed by atoms with E-state index in [9.17, 15) is 19.2 Å². The maximum Gasteiger partial charge on any atom is 0.225 e. The van der Waals surface area contributed by atoms with Gasteiger partial charge in [-0.15, -0.1) is 0 Å². The van der Waals surface area contributed by atoms with Gasteiger partial charge in [-0.25, -0.2) is 0 Å². The lowest BCUT2D eigenvalue weighted by atomic mass is 9.82. The Balaban J connectivity index is 1.86. The van der Waals surface area contributed by atoms with Crippen LogP contribution in [0.1, 0.15) is 72.4 Å². The number of anilines is 2. The van der Waals surface area contributed by atoms with E-state index in [0.717, 1.165) is 0 Å². The van der Waals surface area contributed by atoms with Crippen molar-refractivity contribution in [2.75, 3.05) is 23.7 Å². The molecule has 34 heavy (non-hydrogen) atoms. The highest BCUT2D eigenvalue weighted by Gasteiger charge is 2.34. The van der Waals surface area contributed by atoms with E-state index < -0.39 is 5.78 Å². The highest BCUT2D eigenvalue weighted by Crippen LogP contribution is 2.35. The standard InChI is InChI=1S/C26H32N4O4/c1-15(2)27-13-11-21(31)29-19-9-5-7-17-23(19)26(34)24-18(25(17)33)8-6-10-20(24)30-22(32)12-14-28-16(3)4/h5-10,15-16,27-28H,11-14H2,1-4H3,(H,29,31)(H,30,32). The predicted octanol–water partition coefficient (Wildman–Crippen LogP) is 3.12. The molecule has 0 saturated carbocycles. The fourth-order valence-electron chi connectivity index (χ4n) is 3.82. The summed E-state index contributed by atoms with van der Waals surface area (Å²) in [6, 6.07) is 10.2. The van der Waals surface area contributed by atoms with Gasteiger partial charge in [0.15, 0.2) is 11.6 Å².